The monoisotopic (exact) mass is 194 g/mol. The zero-order chi connectivity index (χ0) is 9.23. The summed E-state index contributed by atoms with van der Waals surface area (Å²) in [6.45, 7) is 0. The fourth-order valence-electron chi connectivity index (χ4n) is 4.35. The lowest BCUT2D eigenvalue weighted by atomic mass is 9.70. The molecule has 0 saturated carbocycles. The van der Waals surface area contributed by atoms with Crippen molar-refractivity contribution in [1.29, 1.82) is 0 Å². The molecule has 2 heteroatoms. The van der Waals surface area contributed by atoms with Crippen LogP contribution in [0.15, 0.2) is 0 Å². The first-order valence-corrected chi connectivity index (χ1v) is 6.18. The Hall–Kier alpha value is -0.0800. The predicted molar refractivity (Wildman–Crippen MR) is 52.1 cm³/mol. The van der Waals surface area contributed by atoms with Crippen molar-refractivity contribution in [2.45, 2.75) is 74.8 Å². The summed E-state index contributed by atoms with van der Waals surface area (Å²) in [4.78, 5) is 0. The maximum atomic E-state index is 6.24. The largest absolute Gasteiger partial charge is 0.369 e. The third-order valence-electron chi connectivity index (χ3n) is 5.10. The van der Waals surface area contributed by atoms with E-state index in [9.17, 15) is 0 Å². The number of fused-ring (bicyclic) bond motifs is 5. The summed E-state index contributed by atoms with van der Waals surface area (Å²) in [5.74, 6) is 0. The molecule has 2 nitrogen and oxygen atoms in total. The van der Waals surface area contributed by atoms with E-state index in [1.807, 2.05) is 0 Å². The van der Waals surface area contributed by atoms with E-state index in [2.05, 4.69) is 0 Å². The van der Waals surface area contributed by atoms with Crippen LogP contribution in [0.5, 0.6) is 0 Å². The van der Waals surface area contributed by atoms with Crippen LogP contribution in [0.4, 0.5) is 0 Å². The molecular formula is C12H18O2. The lowest BCUT2D eigenvalue weighted by molar-refractivity contribution is -0.149. The molecule has 0 unspecified atom stereocenters. The molecule has 0 atom stereocenters. The molecule has 0 radical (unpaired) electrons. The highest BCUT2D eigenvalue weighted by Crippen LogP contribution is 2.59. The second kappa shape index (κ2) is 2.35. The Morgan fingerprint density at radius 1 is 0.643 bits per heavy atom. The van der Waals surface area contributed by atoms with E-state index < -0.39 is 0 Å². The van der Waals surface area contributed by atoms with Crippen molar-refractivity contribution in [2.75, 3.05) is 0 Å². The van der Waals surface area contributed by atoms with Crippen LogP contribution in [0.3, 0.4) is 0 Å². The van der Waals surface area contributed by atoms with Crippen molar-refractivity contribution in [1.82, 2.24) is 0 Å². The van der Waals surface area contributed by atoms with E-state index in [-0.39, 0.29) is 11.2 Å². The molecule has 4 heterocycles. The Labute approximate surface area is 85.0 Å². The summed E-state index contributed by atoms with van der Waals surface area (Å²) < 4.78 is 12.5. The minimum absolute atomic E-state index is 0.156. The normalized spacial score (nSPS) is 60.0. The zero-order valence-electron chi connectivity index (χ0n) is 8.63. The highest BCUT2D eigenvalue weighted by molar-refractivity contribution is 5.14. The molecule has 0 N–H and O–H groups in total. The van der Waals surface area contributed by atoms with Crippen LogP contribution < -0.4 is 0 Å². The molecule has 4 aliphatic rings. The van der Waals surface area contributed by atoms with Crippen LogP contribution in [-0.2, 0) is 9.47 Å². The first-order valence-electron chi connectivity index (χ1n) is 6.18. The zero-order valence-corrected chi connectivity index (χ0v) is 8.63. The molecule has 0 amide bonds. The second-order valence-corrected chi connectivity index (χ2v) is 5.62. The van der Waals surface area contributed by atoms with E-state index in [1.54, 1.807) is 0 Å². The van der Waals surface area contributed by atoms with Gasteiger partial charge in [-0.05, 0) is 51.4 Å². The van der Waals surface area contributed by atoms with Crippen LogP contribution in [0.2, 0.25) is 0 Å². The minimum atomic E-state index is 0.156. The van der Waals surface area contributed by atoms with Crippen molar-refractivity contribution >= 4 is 0 Å². The van der Waals surface area contributed by atoms with Gasteiger partial charge in [0.25, 0.3) is 0 Å². The molecule has 0 aromatic rings. The first-order chi connectivity index (χ1) is 6.82. The lowest BCUT2D eigenvalue weighted by Crippen LogP contribution is -2.50. The predicted octanol–water partition coefficient (Wildman–Crippen LogP) is 2.41. The fraction of sp³-hybridized carbons (Fsp3) is 1.00. The average molecular weight is 194 g/mol. The summed E-state index contributed by atoms with van der Waals surface area (Å²) in [6, 6.07) is 0. The molecule has 4 aliphatic heterocycles. The van der Waals surface area contributed by atoms with Gasteiger partial charge in [-0.15, -0.1) is 0 Å². The summed E-state index contributed by atoms with van der Waals surface area (Å²) in [5, 5.41) is 0. The van der Waals surface area contributed by atoms with Crippen molar-refractivity contribution in [3.8, 4) is 0 Å². The minimum Gasteiger partial charge on any atom is -0.369 e. The summed E-state index contributed by atoms with van der Waals surface area (Å²) in [5.41, 5.74) is 0.311. The number of rotatable bonds is 1. The van der Waals surface area contributed by atoms with Gasteiger partial charge in [0, 0.05) is 0 Å². The van der Waals surface area contributed by atoms with E-state index in [0.717, 1.165) is 0 Å². The van der Waals surface area contributed by atoms with Gasteiger partial charge in [0.2, 0.25) is 0 Å². The molecule has 0 aromatic heterocycles. The van der Waals surface area contributed by atoms with Gasteiger partial charge in [-0.3, -0.25) is 0 Å². The quantitative estimate of drug-likeness (QED) is 0.638. The highest BCUT2D eigenvalue weighted by atomic mass is 16.6. The standard InChI is InChI=1S/C12H18O2/c1-5-11(6-2-9(1)13-11)12-7-3-10(14-12)4-8-12/h9-10H,1-8H2. The van der Waals surface area contributed by atoms with E-state index in [0.29, 0.717) is 12.2 Å². The molecule has 4 rings (SSSR count). The van der Waals surface area contributed by atoms with E-state index in [4.69, 9.17) is 9.47 Å². The fourth-order valence-corrected chi connectivity index (χ4v) is 4.35. The second-order valence-electron chi connectivity index (χ2n) is 5.62. The Kier molecular flexibility index (Phi) is 1.37. The Bertz CT molecular complexity index is 229. The summed E-state index contributed by atoms with van der Waals surface area (Å²) in [6.07, 6.45) is 11.4. The molecule has 4 bridgehead atoms. The highest BCUT2D eigenvalue weighted by Gasteiger charge is 2.64. The van der Waals surface area contributed by atoms with E-state index in [1.165, 1.54) is 51.4 Å². The van der Waals surface area contributed by atoms with Crippen LogP contribution in [0.1, 0.15) is 51.4 Å². The molecule has 4 fully saturated rings. The SMILES string of the molecule is C1CC2(C34CCC(CC3)O4)CCC1O2. The van der Waals surface area contributed by atoms with Crippen molar-refractivity contribution in [3.63, 3.8) is 0 Å². The maximum absolute atomic E-state index is 6.24. The topological polar surface area (TPSA) is 18.5 Å². The number of ether oxygens (including phenoxy) is 2. The summed E-state index contributed by atoms with van der Waals surface area (Å²) >= 11 is 0. The van der Waals surface area contributed by atoms with Crippen LogP contribution in [-0.4, -0.2) is 23.4 Å². The van der Waals surface area contributed by atoms with Gasteiger partial charge in [-0.25, -0.2) is 0 Å². The Morgan fingerprint density at radius 3 is 1.21 bits per heavy atom. The van der Waals surface area contributed by atoms with Gasteiger partial charge in [0.1, 0.15) is 0 Å². The third-order valence-corrected chi connectivity index (χ3v) is 5.10. The van der Waals surface area contributed by atoms with Gasteiger partial charge in [0.15, 0.2) is 0 Å². The van der Waals surface area contributed by atoms with Gasteiger partial charge >= 0.3 is 0 Å². The molecule has 0 aliphatic carbocycles. The van der Waals surface area contributed by atoms with Gasteiger partial charge < -0.3 is 9.47 Å². The first kappa shape index (κ1) is 8.12. The van der Waals surface area contributed by atoms with Gasteiger partial charge in [0.05, 0.1) is 23.4 Å². The van der Waals surface area contributed by atoms with Gasteiger partial charge in [-0.1, -0.05) is 0 Å². The Balaban J connectivity index is 1.73. The third kappa shape index (κ3) is 0.772. The van der Waals surface area contributed by atoms with Crippen LogP contribution in [0.25, 0.3) is 0 Å². The molecule has 0 aromatic carbocycles. The van der Waals surface area contributed by atoms with Gasteiger partial charge in [-0.2, -0.15) is 0 Å². The molecule has 14 heavy (non-hydrogen) atoms. The summed E-state index contributed by atoms with van der Waals surface area (Å²) in [7, 11) is 0. The number of hydrogen-bond donors (Lipinski definition) is 0. The van der Waals surface area contributed by atoms with Crippen LogP contribution >= 0.6 is 0 Å². The molecule has 4 saturated heterocycles. The Morgan fingerprint density at radius 2 is 1.00 bits per heavy atom. The van der Waals surface area contributed by atoms with Crippen molar-refractivity contribution in [3.05, 3.63) is 0 Å². The van der Waals surface area contributed by atoms with E-state index >= 15 is 0 Å². The molecule has 78 valence electrons. The molecule has 0 spiro atoms. The van der Waals surface area contributed by atoms with Crippen LogP contribution in [0, 0.1) is 0 Å². The van der Waals surface area contributed by atoms with Crippen molar-refractivity contribution in [2.24, 2.45) is 0 Å². The average Bonchev–Trinajstić information content (AvgIpc) is 2.98. The van der Waals surface area contributed by atoms with Crippen molar-refractivity contribution < 1.29 is 9.47 Å². The molecular weight excluding hydrogens is 176 g/mol. The smallest absolute Gasteiger partial charge is 0.0976 e. The maximum Gasteiger partial charge on any atom is 0.0976 e. The lowest BCUT2D eigenvalue weighted by Gasteiger charge is -2.41. The number of hydrogen-bond acceptors (Lipinski definition) is 2.